The van der Waals surface area contributed by atoms with Gasteiger partial charge in [0.05, 0.1) is 18.1 Å². The largest absolute Gasteiger partial charge is 0.391 e. The predicted octanol–water partition coefficient (Wildman–Crippen LogP) is 3.15. The summed E-state index contributed by atoms with van der Waals surface area (Å²) >= 11 is 1.72. The highest BCUT2D eigenvalue weighted by Crippen LogP contribution is 2.37. The minimum Gasteiger partial charge on any atom is -0.387 e. The van der Waals surface area contributed by atoms with E-state index in [9.17, 15) is 18.3 Å². The van der Waals surface area contributed by atoms with Gasteiger partial charge in [0.25, 0.3) is 0 Å². The molecule has 1 aliphatic carbocycles. The first kappa shape index (κ1) is 22.1. The van der Waals surface area contributed by atoms with E-state index in [4.69, 9.17) is 0 Å². The van der Waals surface area contributed by atoms with Crippen molar-refractivity contribution in [2.45, 2.75) is 56.8 Å². The molecule has 2 rings (SSSR count). The number of alkyl halides is 3. The van der Waals surface area contributed by atoms with Crippen LogP contribution in [-0.2, 0) is 0 Å². The zero-order valence-electron chi connectivity index (χ0n) is 13.9. The molecule has 1 atom stereocenters. The third-order valence-corrected chi connectivity index (χ3v) is 5.72. The van der Waals surface area contributed by atoms with Crippen LogP contribution in [0, 0.1) is 5.92 Å². The molecular formula is C15H27F3IN3OS. The Hall–Kier alpha value is 0.1000. The molecule has 9 heteroatoms. The van der Waals surface area contributed by atoms with Crippen molar-refractivity contribution in [1.82, 2.24) is 10.6 Å². The van der Waals surface area contributed by atoms with Crippen molar-refractivity contribution in [3.63, 3.8) is 0 Å². The molecule has 0 amide bonds. The standard InChI is InChI=1S/C15H26F3N3OS.HI/c1-2-19-13(20-9-14(22)7-8-23-10-14)21-12-5-3-11(4-6-12)15(16,17)18;/h11-12,22H,2-10H2,1H3,(H2,19,20,21);1H. The first-order valence-electron chi connectivity index (χ1n) is 8.24. The van der Waals surface area contributed by atoms with Gasteiger partial charge in [-0.05, 0) is 44.8 Å². The Morgan fingerprint density at radius 3 is 2.46 bits per heavy atom. The number of aliphatic imine (C=N–C) groups is 1. The molecule has 0 aromatic carbocycles. The molecule has 24 heavy (non-hydrogen) atoms. The summed E-state index contributed by atoms with van der Waals surface area (Å²) in [5.74, 6) is 1.05. The van der Waals surface area contributed by atoms with Crippen molar-refractivity contribution in [1.29, 1.82) is 0 Å². The lowest BCUT2D eigenvalue weighted by Gasteiger charge is -2.31. The molecule has 0 radical (unpaired) electrons. The van der Waals surface area contributed by atoms with Crippen LogP contribution in [0.2, 0.25) is 0 Å². The molecule has 0 spiro atoms. The molecule has 1 aliphatic heterocycles. The number of guanidine groups is 1. The zero-order chi connectivity index (χ0) is 16.9. The fourth-order valence-electron chi connectivity index (χ4n) is 3.03. The van der Waals surface area contributed by atoms with Crippen LogP contribution >= 0.6 is 35.7 Å². The third-order valence-electron chi connectivity index (χ3n) is 4.49. The van der Waals surface area contributed by atoms with Crippen LogP contribution in [0.4, 0.5) is 13.2 Å². The lowest BCUT2D eigenvalue weighted by atomic mass is 9.85. The molecule has 3 N–H and O–H groups in total. The van der Waals surface area contributed by atoms with Gasteiger partial charge in [-0.2, -0.15) is 24.9 Å². The van der Waals surface area contributed by atoms with Crippen molar-refractivity contribution < 1.29 is 18.3 Å². The van der Waals surface area contributed by atoms with Crippen LogP contribution in [0.15, 0.2) is 4.99 Å². The zero-order valence-corrected chi connectivity index (χ0v) is 17.0. The Balaban J connectivity index is 0.00000288. The third kappa shape index (κ3) is 6.78. The van der Waals surface area contributed by atoms with E-state index in [1.54, 1.807) is 11.8 Å². The Kier molecular flexibility index (Phi) is 8.95. The molecule has 0 bridgehead atoms. The number of nitrogens with zero attached hydrogens (tertiary/aromatic N) is 1. The summed E-state index contributed by atoms with van der Waals surface area (Å²) in [7, 11) is 0. The SMILES string of the molecule is CCNC(=NCC1(O)CCSC1)NC1CCC(C(F)(F)F)CC1.I. The number of thioether (sulfide) groups is 1. The quantitative estimate of drug-likeness (QED) is 0.328. The van der Waals surface area contributed by atoms with E-state index in [-0.39, 0.29) is 42.9 Å². The van der Waals surface area contributed by atoms with Crippen LogP contribution < -0.4 is 10.6 Å². The second-order valence-electron chi connectivity index (χ2n) is 6.46. The van der Waals surface area contributed by atoms with Gasteiger partial charge in [-0.1, -0.05) is 0 Å². The van der Waals surface area contributed by atoms with Gasteiger partial charge < -0.3 is 15.7 Å². The molecular weight excluding hydrogens is 454 g/mol. The molecule has 4 nitrogen and oxygen atoms in total. The first-order valence-corrected chi connectivity index (χ1v) is 9.39. The molecule has 0 aromatic heterocycles. The molecule has 2 fully saturated rings. The van der Waals surface area contributed by atoms with E-state index < -0.39 is 17.7 Å². The Bertz CT molecular complexity index is 409. The van der Waals surface area contributed by atoms with Crippen LogP contribution in [0.5, 0.6) is 0 Å². The summed E-state index contributed by atoms with van der Waals surface area (Å²) in [6.45, 7) is 2.95. The average Bonchev–Trinajstić information content (AvgIpc) is 2.92. The summed E-state index contributed by atoms with van der Waals surface area (Å²) < 4.78 is 38.1. The van der Waals surface area contributed by atoms with Crippen LogP contribution in [0.25, 0.3) is 0 Å². The summed E-state index contributed by atoms with van der Waals surface area (Å²) in [5.41, 5.74) is -0.749. The molecule has 142 valence electrons. The first-order chi connectivity index (χ1) is 10.8. The number of rotatable bonds is 4. The van der Waals surface area contributed by atoms with E-state index in [1.165, 1.54) is 0 Å². The van der Waals surface area contributed by atoms with E-state index in [1.807, 2.05) is 6.92 Å². The van der Waals surface area contributed by atoms with Crippen molar-refractivity contribution in [3.05, 3.63) is 0 Å². The van der Waals surface area contributed by atoms with Gasteiger partial charge in [0.2, 0.25) is 0 Å². The molecule has 0 aromatic rings. The lowest BCUT2D eigenvalue weighted by Crippen LogP contribution is -2.46. The average molecular weight is 481 g/mol. The van der Waals surface area contributed by atoms with Crippen molar-refractivity contribution in [2.24, 2.45) is 10.9 Å². The topological polar surface area (TPSA) is 56.7 Å². The Morgan fingerprint density at radius 1 is 1.29 bits per heavy atom. The van der Waals surface area contributed by atoms with Crippen LogP contribution in [0.3, 0.4) is 0 Å². The summed E-state index contributed by atoms with van der Waals surface area (Å²) in [6.07, 6.45) is -2.02. The van der Waals surface area contributed by atoms with Gasteiger partial charge in [0, 0.05) is 18.3 Å². The molecule has 1 heterocycles. The number of hydrogen-bond acceptors (Lipinski definition) is 3. The molecule has 2 aliphatic rings. The normalized spacial score (nSPS) is 31.5. The monoisotopic (exact) mass is 481 g/mol. The Labute approximate surface area is 162 Å². The summed E-state index contributed by atoms with van der Waals surface area (Å²) in [5, 5.41) is 16.7. The van der Waals surface area contributed by atoms with Gasteiger partial charge in [-0.25, -0.2) is 0 Å². The summed E-state index contributed by atoms with van der Waals surface area (Å²) in [4.78, 5) is 4.44. The molecule has 1 saturated heterocycles. The maximum atomic E-state index is 12.7. The number of aliphatic hydroxyl groups is 1. The second-order valence-corrected chi connectivity index (χ2v) is 7.56. The number of hydrogen-bond donors (Lipinski definition) is 3. The Morgan fingerprint density at radius 2 is 1.96 bits per heavy atom. The highest BCUT2D eigenvalue weighted by Gasteiger charge is 2.41. The van der Waals surface area contributed by atoms with Gasteiger partial charge in [0.15, 0.2) is 5.96 Å². The predicted molar refractivity (Wildman–Crippen MR) is 103 cm³/mol. The number of halogens is 4. The highest BCUT2D eigenvalue weighted by atomic mass is 127. The van der Waals surface area contributed by atoms with Crippen LogP contribution in [0.1, 0.15) is 39.0 Å². The lowest BCUT2D eigenvalue weighted by molar-refractivity contribution is -0.182. The van der Waals surface area contributed by atoms with Gasteiger partial charge in [-0.3, -0.25) is 4.99 Å². The minimum atomic E-state index is -4.08. The molecule has 1 unspecified atom stereocenters. The summed E-state index contributed by atoms with van der Waals surface area (Å²) in [6, 6.07) is 0.0130. The van der Waals surface area contributed by atoms with E-state index >= 15 is 0 Å². The van der Waals surface area contributed by atoms with E-state index in [2.05, 4.69) is 15.6 Å². The van der Waals surface area contributed by atoms with E-state index in [0.29, 0.717) is 37.6 Å². The van der Waals surface area contributed by atoms with Crippen molar-refractivity contribution >= 4 is 41.7 Å². The van der Waals surface area contributed by atoms with Gasteiger partial charge in [-0.15, -0.1) is 24.0 Å². The van der Waals surface area contributed by atoms with Gasteiger partial charge in [0.1, 0.15) is 0 Å². The number of nitrogens with one attached hydrogen (secondary N) is 2. The van der Waals surface area contributed by atoms with Crippen molar-refractivity contribution in [2.75, 3.05) is 24.6 Å². The highest BCUT2D eigenvalue weighted by molar-refractivity contribution is 14.0. The fourth-order valence-corrected chi connectivity index (χ4v) is 4.31. The minimum absolute atomic E-state index is 0. The second kappa shape index (κ2) is 9.70. The maximum absolute atomic E-state index is 12.7. The smallest absolute Gasteiger partial charge is 0.387 e. The molecule has 1 saturated carbocycles. The van der Waals surface area contributed by atoms with Crippen LogP contribution in [-0.4, -0.2) is 53.5 Å². The maximum Gasteiger partial charge on any atom is 0.391 e. The van der Waals surface area contributed by atoms with Crippen molar-refractivity contribution in [3.8, 4) is 0 Å². The van der Waals surface area contributed by atoms with Gasteiger partial charge >= 0.3 is 6.18 Å². The fraction of sp³-hybridized carbons (Fsp3) is 0.933. The van der Waals surface area contributed by atoms with E-state index in [0.717, 1.165) is 12.2 Å².